The molecule has 0 unspecified atom stereocenters. The first kappa shape index (κ1) is 23.3. The van der Waals surface area contributed by atoms with Gasteiger partial charge < -0.3 is 5.32 Å². The van der Waals surface area contributed by atoms with E-state index in [0.717, 1.165) is 0 Å². The number of nitrogens with one attached hydrogen (secondary N) is 1. The number of azo groups is 1. The van der Waals surface area contributed by atoms with Gasteiger partial charge in [-0.25, -0.2) is 0 Å². The van der Waals surface area contributed by atoms with Crippen molar-refractivity contribution in [3.8, 4) is 0 Å². The maximum Gasteiger partial charge on any atom is 0.282 e. The summed E-state index contributed by atoms with van der Waals surface area (Å²) in [5, 5.41) is 16.5. The van der Waals surface area contributed by atoms with Crippen molar-refractivity contribution in [1.82, 2.24) is 5.01 Å². The summed E-state index contributed by atoms with van der Waals surface area (Å²) in [5.74, 6) is -2.13. The maximum atomic E-state index is 13.1. The van der Waals surface area contributed by atoms with Crippen LogP contribution in [0.5, 0.6) is 0 Å². The summed E-state index contributed by atoms with van der Waals surface area (Å²) in [6.45, 7) is 0. The molecule has 1 atom stereocenters. The monoisotopic (exact) mass is 493 g/mol. The lowest BCUT2D eigenvalue weighted by atomic mass is 10.0. The second-order valence-corrected chi connectivity index (χ2v) is 8.04. The van der Waals surface area contributed by atoms with Gasteiger partial charge in [-0.05, 0) is 36.4 Å². The number of para-hydroxylation sites is 1. The molecule has 34 heavy (non-hydrogen) atoms. The molecule has 0 saturated carbocycles. The zero-order chi connectivity index (χ0) is 24.1. The van der Waals surface area contributed by atoms with Crippen LogP contribution in [0.2, 0.25) is 10.0 Å². The van der Waals surface area contributed by atoms with Gasteiger partial charge in [-0.2, -0.15) is 20.3 Å². The summed E-state index contributed by atoms with van der Waals surface area (Å²) in [7, 11) is 0. The molecular weight excluding hydrogens is 477 g/mol. The van der Waals surface area contributed by atoms with E-state index in [1.165, 1.54) is 0 Å². The average Bonchev–Trinajstić information content (AvgIpc) is 3.17. The molecular formula is C24H17Cl2N5O3. The first-order chi connectivity index (χ1) is 16.4. The second-order valence-electron chi connectivity index (χ2n) is 7.19. The van der Waals surface area contributed by atoms with Crippen molar-refractivity contribution in [3.05, 3.63) is 94.5 Å². The fourth-order valence-corrected chi connectivity index (χ4v) is 3.46. The number of carbonyl (C=O) groups excluding carboxylic acids is 3. The molecule has 8 nitrogen and oxygen atoms in total. The predicted molar refractivity (Wildman–Crippen MR) is 129 cm³/mol. The van der Waals surface area contributed by atoms with Crippen LogP contribution in [0.25, 0.3) is 0 Å². The van der Waals surface area contributed by atoms with E-state index in [-0.39, 0.29) is 5.71 Å². The van der Waals surface area contributed by atoms with Gasteiger partial charge in [0.2, 0.25) is 5.91 Å². The Morgan fingerprint density at radius 1 is 0.941 bits per heavy atom. The number of hydrogen-bond donors (Lipinski definition) is 1. The molecule has 3 aromatic rings. The number of anilines is 1. The van der Waals surface area contributed by atoms with Gasteiger partial charge in [0.25, 0.3) is 11.8 Å². The Balaban J connectivity index is 1.55. The third-order valence-corrected chi connectivity index (χ3v) is 5.37. The van der Waals surface area contributed by atoms with Crippen LogP contribution in [0, 0.1) is 0 Å². The van der Waals surface area contributed by atoms with Crippen molar-refractivity contribution in [1.29, 1.82) is 0 Å². The van der Waals surface area contributed by atoms with E-state index in [9.17, 15) is 14.4 Å². The molecule has 0 radical (unpaired) electrons. The van der Waals surface area contributed by atoms with Crippen LogP contribution < -0.4 is 5.32 Å². The number of hydrogen-bond acceptors (Lipinski definition) is 6. The number of benzene rings is 3. The highest BCUT2D eigenvalue weighted by Gasteiger charge is 2.40. The highest BCUT2D eigenvalue weighted by Crippen LogP contribution is 2.24. The highest BCUT2D eigenvalue weighted by atomic mass is 35.5. The Kier molecular flexibility index (Phi) is 7.10. The van der Waals surface area contributed by atoms with Crippen LogP contribution in [0.3, 0.4) is 0 Å². The van der Waals surface area contributed by atoms with Gasteiger partial charge in [0.05, 0.1) is 16.4 Å². The average molecular weight is 494 g/mol. The molecule has 0 aliphatic carbocycles. The van der Waals surface area contributed by atoms with E-state index in [1.807, 2.05) is 6.07 Å². The molecule has 0 fully saturated rings. The molecule has 3 aromatic carbocycles. The van der Waals surface area contributed by atoms with Crippen LogP contribution in [0.15, 0.2) is 94.2 Å². The van der Waals surface area contributed by atoms with E-state index in [1.54, 1.807) is 72.8 Å². The topological polar surface area (TPSA) is 104 Å². The Labute approximate surface area is 204 Å². The minimum absolute atomic E-state index is 0.253. The molecule has 10 heteroatoms. The minimum Gasteiger partial charge on any atom is -0.324 e. The summed E-state index contributed by atoms with van der Waals surface area (Å²) in [5.41, 5.74) is 1.70. The number of amides is 3. The molecule has 1 N–H and O–H groups in total. The molecule has 4 rings (SSSR count). The van der Waals surface area contributed by atoms with Crippen LogP contribution in [0.4, 0.5) is 11.4 Å². The molecule has 3 amide bonds. The third kappa shape index (κ3) is 5.36. The zero-order valence-corrected chi connectivity index (χ0v) is 19.1. The predicted octanol–water partition coefficient (Wildman–Crippen LogP) is 5.25. The lowest BCUT2D eigenvalue weighted by molar-refractivity contribution is -0.144. The summed E-state index contributed by atoms with van der Waals surface area (Å²) < 4.78 is 0. The first-order valence-corrected chi connectivity index (χ1v) is 10.9. The van der Waals surface area contributed by atoms with Gasteiger partial charge in [-0.1, -0.05) is 65.7 Å². The standard InChI is InChI=1S/C24H17Cl2N5O3/c25-16-10-12-17(13-11-16)28-29-23-22(15-6-2-1-3-7-15)30-31(24(23)34)21(33)14-20(32)27-19-9-5-4-8-18(19)26/h1-13,23H,14H2,(H,27,32)/t23-/m1/s1. The second kappa shape index (κ2) is 10.4. The quantitative estimate of drug-likeness (QED) is 0.374. The molecule has 0 saturated heterocycles. The fraction of sp³-hybridized carbons (Fsp3) is 0.0833. The van der Waals surface area contributed by atoms with Gasteiger partial charge in [0.1, 0.15) is 12.1 Å². The molecule has 1 aliphatic rings. The molecule has 1 aliphatic heterocycles. The van der Waals surface area contributed by atoms with Gasteiger partial charge in [0.15, 0.2) is 6.04 Å². The molecule has 0 bridgehead atoms. The number of rotatable bonds is 6. The van der Waals surface area contributed by atoms with E-state index in [2.05, 4.69) is 20.6 Å². The minimum atomic E-state index is -1.14. The molecule has 0 spiro atoms. The number of halogens is 2. The Hall–Kier alpha value is -3.88. The summed E-state index contributed by atoms with van der Waals surface area (Å²) >= 11 is 11.9. The Morgan fingerprint density at radius 2 is 1.62 bits per heavy atom. The van der Waals surface area contributed by atoms with Crippen molar-refractivity contribution in [2.75, 3.05) is 5.32 Å². The van der Waals surface area contributed by atoms with Gasteiger partial charge in [-0.3, -0.25) is 14.4 Å². The SMILES string of the molecule is O=C(CC(=O)N1N=C(c2ccccc2)[C@@H](N=Nc2ccc(Cl)cc2)C1=O)Nc1ccccc1Cl. The van der Waals surface area contributed by atoms with Crippen molar-refractivity contribution in [3.63, 3.8) is 0 Å². The largest absolute Gasteiger partial charge is 0.324 e. The summed E-state index contributed by atoms with van der Waals surface area (Å²) in [6.07, 6.45) is -0.608. The van der Waals surface area contributed by atoms with E-state index >= 15 is 0 Å². The molecule has 0 aromatic heterocycles. The lowest BCUT2D eigenvalue weighted by Gasteiger charge is -2.11. The summed E-state index contributed by atoms with van der Waals surface area (Å²) in [6, 6.07) is 20.9. The number of nitrogens with zero attached hydrogens (tertiary/aromatic N) is 4. The van der Waals surface area contributed by atoms with Crippen LogP contribution >= 0.6 is 23.2 Å². The van der Waals surface area contributed by atoms with Crippen LogP contribution in [0.1, 0.15) is 12.0 Å². The summed E-state index contributed by atoms with van der Waals surface area (Å²) in [4.78, 5) is 38.2. The van der Waals surface area contributed by atoms with E-state index in [4.69, 9.17) is 23.2 Å². The van der Waals surface area contributed by atoms with Crippen molar-refractivity contribution in [2.24, 2.45) is 15.3 Å². The zero-order valence-electron chi connectivity index (χ0n) is 17.6. The lowest BCUT2D eigenvalue weighted by Crippen LogP contribution is -2.36. The van der Waals surface area contributed by atoms with Crippen molar-refractivity contribution < 1.29 is 14.4 Å². The number of hydrazone groups is 1. The van der Waals surface area contributed by atoms with Crippen LogP contribution in [-0.2, 0) is 14.4 Å². The number of carbonyl (C=O) groups is 3. The van der Waals surface area contributed by atoms with Gasteiger partial charge >= 0.3 is 0 Å². The molecule has 1 heterocycles. The van der Waals surface area contributed by atoms with Crippen molar-refractivity contribution >= 4 is 58.0 Å². The molecule has 170 valence electrons. The first-order valence-electron chi connectivity index (χ1n) is 10.1. The Bertz CT molecular complexity index is 1290. The van der Waals surface area contributed by atoms with E-state index < -0.39 is 30.2 Å². The smallest absolute Gasteiger partial charge is 0.282 e. The number of imide groups is 1. The van der Waals surface area contributed by atoms with Crippen LogP contribution in [-0.4, -0.2) is 34.5 Å². The Morgan fingerprint density at radius 3 is 2.32 bits per heavy atom. The fourth-order valence-electron chi connectivity index (χ4n) is 3.15. The third-order valence-electron chi connectivity index (χ3n) is 4.79. The highest BCUT2D eigenvalue weighted by molar-refractivity contribution is 6.34. The van der Waals surface area contributed by atoms with Crippen molar-refractivity contribution in [2.45, 2.75) is 12.5 Å². The van der Waals surface area contributed by atoms with E-state index in [0.29, 0.717) is 32.0 Å². The normalized spacial score (nSPS) is 15.5. The van der Waals surface area contributed by atoms with Gasteiger partial charge in [0, 0.05) is 10.6 Å². The maximum absolute atomic E-state index is 13.1. The van der Waals surface area contributed by atoms with Gasteiger partial charge in [-0.15, -0.1) is 0 Å².